The zero-order valence-electron chi connectivity index (χ0n) is 10.3. The van der Waals surface area contributed by atoms with Gasteiger partial charge in [-0.05, 0) is 24.6 Å². The molecule has 1 aromatic rings. The van der Waals surface area contributed by atoms with Crippen molar-refractivity contribution >= 4 is 11.9 Å². The van der Waals surface area contributed by atoms with Crippen LogP contribution in [0.2, 0.25) is 0 Å². The summed E-state index contributed by atoms with van der Waals surface area (Å²) >= 11 is 0. The van der Waals surface area contributed by atoms with Crippen molar-refractivity contribution in [1.82, 2.24) is 5.32 Å². The third-order valence-electron chi connectivity index (χ3n) is 2.31. The molecular weight excluding hydrogens is 234 g/mol. The van der Waals surface area contributed by atoms with Crippen molar-refractivity contribution in [2.24, 2.45) is 0 Å². The van der Waals surface area contributed by atoms with Crippen LogP contribution in [0.1, 0.15) is 12.5 Å². The second kappa shape index (κ2) is 6.44. The number of ether oxygens (including phenoxy) is 1. The van der Waals surface area contributed by atoms with E-state index >= 15 is 0 Å². The molecule has 0 unspecified atom stereocenters. The van der Waals surface area contributed by atoms with E-state index in [-0.39, 0.29) is 5.57 Å². The molecular formula is C13H15NO4. The smallest absolute Gasteiger partial charge is 0.328 e. The quantitative estimate of drug-likeness (QED) is 0.772. The average Bonchev–Trinajstić information content (AvgIpc) is 2.35. The van der Waals surface area contributed by atoms with E-state index in [9.17, 15) is 9.59 Å². The number of aliphatic carboxylic acids is 1. The zero-order valence-corrected chi connectivity index (χ0v) is 10.3. The lowest BCUT2D eigenvalue weighted by Gasteiger charge is -2.06. The number of carboxylic acid groups (broad SMARTS) is 1. The highest BCUT2D eigenvalue weighted by Crippen LogP contribution is 2.11. The molecule has 0 aliphatic heterocycles. The van der Waals surface area contributed by atoms with Crippen LogP contribution in [0.4, 0.5) is 0 Å². The number of rotatable bonds is 5. The van der Waals surface area contributed by atoms with Gasteiger partial charge in [0.1, 0.15) is 5.75 Å². The Morgan fingerprint density at radius 2 is 1.94 bits per heavy atom. The van der Waals surface area contributed by atoms with Crippen LogP contribution in [-0.2, 0) is 16.1 Å². The molecule has 0 bridgehead atoms. The van der Waals surface area contributed by atoms with E-state index in [1.54, 1.807) is 19.2 Å². The van der Waals surface area contributed by atoms with Crippen molar-refractivity contribution in [2.45, 2.75) is 13.5 Å². The number of carbonyl (C=O) groups is 2. The summed E-state index contributed by atoms with van der Waals surface area (Å²) in [6.45, 7) is 1.80. The summed E-state index contributed by atoms with van der Waals surface area (Å²) in [5.41, 5.74) is 1.07. The fourth-order valence-electron chi connectivity index (χ4n) is 1.32. The Morgan fingerprint density at radius 3 is 2.44 bits per heavy atom. The van der Waals surface area contributed by atoms with E-state index in [1.807, 2.05) is 12.1 Å². The van der Waals surface area contributed by atoms with E-state index in [1.165, 1.54) is 6.92 Å². The lowest BCUT2D eigenvalue weighted by Crippen LogP contribution is -2.23. The monoisotopic (exact) mass is 249 g/mol. The van der Waals surface area contributed by atoms with Crippen LogP contribution in [-0.4, -0.2) is 24.1 Å². The molecule has 18 heavy (non-hydrogen) atoms. The van der Waals surface area contributed by atoms with Crippen molar-refractivity contribution in [1.29, 1.82) is 0 Å². The Morgan fingerprint density at radius 1 is 1.33 bits per heavy atom. The molecule has 2 N–H and O–H groups in total. The third kappa shape index (κ3) is 4.29. The molecule has 1 rings (SSSR count). The Bertz CT molecular complexity index is 462. The van der Waals surface area contributed by atoms with Crippen molar-refractivity contribution in [3.63, 3.8) is 0 Å². The summed E-state index contributed by atoms with van der Waals surface area (Å²) in [4.78, 5) is 21.9. The molecule has 96 valence electrons. The van der Waals surface area contributed by atoms with E-state index < -0.39 is 11.9 Å². The lowest BCUT2D eigenvalue weighted by atomic mass is 10.2. The molecule has 0 radical (unpaired) electrons. The fraction of sp³-hybridized carbons (Fsp3) is 0.231. The summed E-state index contributed by atoms with van der Waals surface area (Å²) < 4.78 is 5.02. The number of hydrogen-bond acceptors (Lipinski definition) is 3. The van der Waals surface area contributed by atoms with Crippen LogP contribution in [0.5, 0.6) is 5.75 Å². The molecule has 0 heterocycles. The van der Waals surface area contributed by atoms with Crippen molar-refractivity contribution in [2.75, 3.05) is 7.11 Å². The average molecular weight is 249 g/mol. The molecule has 0 atom stereocenters. The maximum Gasteiger partial charge on any atom is 0.328 e. The largest absolute Gasteiger partial charge is 0.497 e. The predicted molar refractivity (Wildman–Crippen MR) is 66.2 cm³/mol. The molecule has 5 heteroatoms. The first kappa shape index (κ1) is 13.8. The van der Waals surface area contributed by atoms with Crippen molar-refractivity contribution in [3.05, 3.63) is 41.5 Å². The highest BCUT2D eigenvalue weighted by atomic mass is 16.5. The molecule has 1 aromatic carbocycles. The van der Waals surface area contributed by atoms with Gasteiger partial charge in [-0.15, -0.1) is 0 Å². The van der Waals surface area contributed by atoms with Gasteiger partial charge in [0.05, 0.1) is 7.11 Å². The summed E-state index contributed by atoms with van der Waals surface area (Å²) in [7, 11) is 1.58. The minimum Gasteiger partial charge on any atom is -0.497 e. The Hall–Kier alpha value is -2.30. The van der Waals surface area contributed by atoms with E-state index in [0.717, 1.165) is 17.4 Å². The second-order valence-electron chi connectivity index (χ2n) is 3.70. The van der Waals surface area contributed by atoms with Crippen LogP contribution in [0.25, 0.3) is 0 Å². The van der Waals surface area contributed by atoms with E-state index in [4.69, 9.17) is 9.84 Å². The number of methoxy groups -OCH3 is 1. The summed E-state index contributed by atoms with van der Waals surface area (Å²) in [5.74, 6) is -0.785. The molecule has 1 amide bonds. The number of hydrogen-bond donors (Lipinski definition) is 2. The Balaban J connectivity index is 2.54. The molecule has 0 saturated heterocycles. The van der Waals surface area contributed by atoms with Gasteiger partial charge in [-0.2, -0.15) is 0 Å². The van der Waals surface area contributed by atoms with Crippen LogP contribution >= 0.6 is 0 Å². The minimum absolute atomic E-state index is 0.163. The minimum atomic E-state index is -1.13. The first-order valence-corrected chi connectivity index (χ1v) is 5.35. The van der Waals surface area contributed by atoms with Gasteiger partial charge in [-0.1, -0.05) is 12.1 Å². The molecule has 0 spiro atoms. The first-order chi connectivity index (χ1) is 8.52. The number of nitrogens with one attached hydrogen (secondary N) is 1. The topological polar surface area (TPSA) is 75.6 Å². The standard InChI is InChI=1S/C13H15NO4/c1-9(7-12(15)16)13(17)14-8-10-3-5-11(18-2)6-4-10/h3-7H,8H2,1-2H3,(H,14,17)(H,15,16). The predicted octanol–water partition coefficient (Wildman–Crippen LogP) is 1.34. The number of benzene rings is 1. The van der Waals surface area contributed by atoms with Crippen LogP contribution in [0.15, 0.2) is 35.9 Å². The molecule has 0 aliphatic rings. The van der Waals surface area contributed by atoms with E-state index in [2.05, 4.69) is 5.32 Å². The van der Waals surface area contributed by atoms with Crippen molar-refractivity contribution in [3.8, 4) is 5.75 Å². The maximum absolute atomic E-state index is 11.5. The zero-order chi connectivity index (χ0) is 13.5. The summed E-state index contributed by atoms with van der Waals surface area (Å²) in [5, 5.41) is 11.1. The highest BCUT2D eigenvalue weighted by molar-refractivity contribution is 5.98. The molecule has 5 nitrogen and oxygen atoms in total. The Labute approximate surface area is 105 Å². The number of carbonyl (C=O) groups excluding carboxylic acids is 1. The van der Waals surface area contributed by atoms with Gasteiger partial charge >= 0.3 is 5.97 Å². The molecule has 0 fully saturated rings. The van der Waals surface area contributed by atoms with Crippen molar-refractivity contribution < 1.29 is 19.4 Å². The Kier molecular flexibility index (Phi) is 4.92. The molecule has 0 aliphatic carbocycles. The number of amides is 1. The van der Waals surface area contributed by atoms with E-state index in [0.29, 0.717) is 6.54 Å². The van der Waals surface area contributed by atoms with Crippen LogP contribution in [0.3, 0.4) is 0 Å². The van der Waals surface area contributed by atoms with Gasteiger partial charge in [-0.25, -0.2) is 4.79 Å². The normalized spacial score (nSPS) is 10.9. The summed E-state index contributed by atoms with van der Waals surface area (Å²) in [6, 6.07) is 7.24. The first-order valence-electron chi connectivity index (χ1n) is 5.35. The third-order valence-corrected chi connectivity index (χ3v) is 2.31. The highest BCUT2D eigenvalue weighted by Gasteiger charge is 2.05. The van der Waals surface area contributed by atoms with Gasteiger partial charge in [0.2, 0.25) is 5.91 Å². The van der Waals surface area contributed by atoms with Gasteiger partial charge < -0.3 is 15.2 Å². The second-order valence-corrected chi connectivity index (χ2v) is 3.70. The lowest BCUT2D eigenvalue weighted by molar-refractivity contribution is -0.131. The summed E-state index contributed by atoms with van der Waals surface area (Å²) in [6.07, 6.45) is 0.878. The van der Waals surface area contributed by atoms with Crippen LogP contribution < -0.4 is 10.1 Å². The number of carboxylic acids is 1. The SMILES string of the molecule is COc1ccc(CNC(=O)C(C)=CC(=O)O)cc1. The van der Waals surface area contributed by atoms with Gasteiger partial charge in [0.15, 0.2) is 0 Å². The van der Waals surface area contributed by atoms with Crippen LogP contribution in [0, 0.1) is 0 Å². The fourth-order valence-corrected chi connectivity index (χ4v) is 1.32. The molecule has 0 saturated carbocycles. The maximum atomic E-state index is 11.5. The van der Waals surface area contributed by atoms with Gasteiger partial charge in [0, 0.05) is 18.2 Å². The van der Waals surface area contributed by atoms with Gasteiger partial charge in [0.25, 0.3) is 0 Å². The van der Waals surface area contributed by atoms with Gasteiger partial charge in [-0.3, -0.25) is 4.79 Å². The molecule has 0 aromatic heterocycles.